The van der Waals surface area contributed by atoms with Crippen LogP contribution in [0.3, 0.4) is 0 Å². The number of hydrogen-bond acceptors (Lipinski definition) is 2. The molecule has 1 saturated carbocycles. The predicted molar refractivity (Wildman–Crippen MR) is 70.5 cm³/mol. The molecule has 1 fully saturated rings. The lowest BCUT2D eigenvalue weighted by atomic mass is 9.79. The molecule has 2 rings (SSSR count). The zero-order valence-electron chi connectivity index (χ0n) is 11.2. The van der Waals surface area contributed by atoms with Crippen LogP contribution in [0, 0.1) is 12.8 Å². The van der Waals surface area contributed by atoms with Crippen molar-refractivity contribution in [3.63, 3.8) is 0 Å². The van der Waals surface area contributed by atoms with Gasteiger partial charge in [0.25, 0.3) is 0 Å². The van der Waals surface area contributed by atoms with Crippen LogP contribution in [0.15, 0.2) is 12.1 Å². The van der Waals surface area contributed by atoms with Crippen LogP contribution < -0.4 is 4.74 Å². The topological polar surface area (TPSA) is 22.1 Å². The van der Waals surface area contributed by atoms with Gasteiger partial charge in [-0.3, -0.25) is 4.98 Å². The van der Waals surface area contributed by atoms with Crippen molar-refractivity contribution >= 4 is 0 Å². The molecule has 17 heavy (non-hydrogen) atoms. The summed E-state index contributed by atoms with van der Waals surface area (Å²) in [5, 5.41) is 0. The fraction of sp³-hybridized carbons (Fsp3) is 0.667. The molecule has 1 aliphatic rings. The van der Waals surface area contributed by atoms with Gasteiger partial charge < -0.3 is 4.74 Å². The van der Waals surface area contributed by atoms with E-state index in [-0.39, 0.29) is 0 Å². The molecule has 2 heteroatoms. The van der Waals surface area contributed by atoms with Crippen LogP contribution in [0.25, 0.3) is 0 Å². The highest BCUT2D eigenvalue weighted by atomic mass is 16.5. The number of aryl methyl sites for hydroxylation is 1. The number of pyridine rings is 1. The van der Waals surface area contributed by atoms with Gasteiger partial charge in [0.1, 0.15) is 5.75 Å². The zero-order chi connectivity index (χ0) is 12.3. The van der Waals surface area contributed by atoms with Crippen LogP contribution >= 0.6 is 0 Å². The van der Waals surface area contributed by atoms with E-state index in [1.54, 1.807) is 7.11 Å². The Hall–Kier alpha value is -1.05. The van der Waals surface area contributed by atoms with Crippen molar-refractivity contribution in [3.05, 3.63) is 23.5 Å². The summed E-state index contributed by atoms with van der Waals surface area (Å²) in [6, 6.07) is 4.20. The molecule has 0 amide bonds. The molecule has 0 aliphatic heterocycles. The van der Waals surface area contributed by atoms with Crippen LogP contribution in [0.4, 0.5) is 0 Å². The quantitative estimate of drug-likeness (QED) is 0.784. The molecule has 1 aromatic rings. The van der Waals surface area contributed by atoms with E-state index in [1.807, 2.05) is 6.92 Å². The van der Waals surface area contributed by atoms with Crippen molar-refractivity contribution in [3.8, 4) is 5.75 Å². The number of aromatic nitrogens is 1. The lowest BCUT2D eigenvalue weighted by molar-refractivity contribution is 0.315. The fourth-order valence-corrected chi connectivity index (χ4v) is 2.88. The maximum absolute atomic E-state index is 5.26. The number of nitrogens with zero attached hydrogens (tertiary/aromatic N) is 1. The van der Waals surface area contributed by atoms with Crippen molar-refractivity contribution in [1.82, 2.24) is 4.98 Å². The summed E-state index contributed by atoms with van der Waals surface area (Å²) in [6.45, 7) is 4.33. The normalized spacial score (nSPS) is 24.6. The van der Waals surface area contributed by atoms with Gasteiger partial charge in [-0.25, -0.2) is 0 Å². The van der Waals surface area contributed by atoms with Crippen LogP contribution in [-0.2, 0) is 0 Å². The minimum absolute atomic E-state index is 0.669. The van der Waals surface area contributed by atoms with Crippen LogP contribution in [-0.4, -0.2) is 12.1 Å². The molecule has 0 N–H and O–H groups in total. The summed E-state index contributed by atoms with van der Waals surface area (Å²) >= 11 is 0. The van der Waals surface area contributed by atoms with E-state index in [0.717, 1.165) is 17.4 Å². The van der Waals surface area contributed by atoms with Crippen molar-refractivity contribution in [2.45, 2.75) is 51.9 Å². The Morgan fingerprint density at radius 2 is 1.94 bits per heavy atom. The Bertz CT molecular complexity index is 367. The smallest absolute Gasteiger partial charge is 0.140 e. The Labute approximate surface area is 104 Å². The van der Waals surface area contributed by atoms with Crippen molar-refractivity contribution in [2.24, 2.45) is 5.92 Å². The predicted octanol–water partition coefficient (Wildman–Crippen LogP) is 4.08. The van der Waals surface area contributed by atoms with Gasteiger partial charge in [0.2, 0.25) is 0 Å². The standard InChI is InChI=1S/C15H23NO/c1-4-12-5-7-13(8-6-12)14-9-10-15(17-3)11(2)16-14/h9-10,12-13H,4-8H2,1-3H3. The molecule has 1 aliphatic carbocycles. The second-order valence-corrected chi connectivity index (χ2v) is 5.15. The molecule has 1 heterocycles. The highest BCUT2D eigenvalue weighted by Gasteiger charge is 2.22. The monoisotopic (exact) mass is 233 g/mol. The third-order valence-electron chi connectivity index (χ3n) is 4.12. The first-order chi connectivity index (χ1) is 8.24. The molecule has 2 nitrogen and oxygen atoms in total. The third-order valence-corrected chi connectivity index (χ3v) is 4.12. The first-order valence-electron chi connectivity index (χ1n) is 6.76. The Kier molecular flexibility index (Phi) is 4.03. The lowest BCUT2D eigenvalue weighted by Gasteiger charge is -2.27. The zero-order valence-corrected chi connectivity index (χ0v) is 11.2. The molecular weight excluding hydrogens is 210 g/mol. The molecule has 94 valence electrons. The van der Waals surface area contributed by atoms with Gasteiger partial charge in [0.05, 0.1) is 12.8 Å². The minimum Gasteiger partial charge on any atom is -0.495 e. The molecule has 0 unspecified atom stereocenters. The van der Waals surface area contributed by atoms with Gasteiger partial charge in [-0.2, -0.15) is 0 Å². The van der Waals surface area contributed by atoms with Gasteiger partial charge in [0.15, 0.2) is 0 Å². The van der Waals surface area contributed by atoms with Crippen LogP contribution in [0.5, 0.6) is 5.75 Å². The van der Waals surface area contributed by atoms with E-state index in [9.17, 15) is 0 Å². The Morgan fingerprint density at radius 3 is 2.47 bits per heavy atom. The highest BCUT2D eigenvalue weighted by molar-refractivity contribution is 5.29. The fourth-order valence-electron chi connectivity index (χ4n) is 2.88. The Morgan fingerprint density at radius 1 is 1.24 bits per heavy atom. The summed E-state index contributed by atoms with van der Waals surface area (Å²) in [7, 11) is 1.70. The molecule has 1 aromatic heterocycles. The first kappa shape index (κ1) is 12.4. The SMILES string of the molecule is CCC1CCC(c2ccc(OC)c(C)n2)CC1. The molecule has 0 aromatic carbocycles. The first-order valence-corrected chi connectivity index (χ1v) is 6.76. The summed E-state index contributed by atoms with van der Waals surface area (Å²) in [5.74, 6) is 2.52. The van der Waals surface area contributed by atoms with E-state index < -0.39 is 0 Å². The maximum Gasteiger partial charge on any atom is 0.140 e. The summed E-state index contributed by atoms with van der Waals surface area (Å²) in [6.07, 6.45) is 6.68. The second-order valence-electron chi connectivity index (χ2n) is 5.15. The molecule has 0 radical (unpaired) electrons. The number of methoxy groups -OCH3 is 1. The molecule has 0 bridgehead atoms. The third kappa shape index (κ3) is 2.80. The van der Waals surface area contributed by atoms with E-state index in [2.05, 4.69) is 19.1 Å². The maximum atomic E-state index is 5.26. The van der Waals surface area contributed by atoms with Gasteiger partial charge in [-0.1, -0.05) is 13.3 Å². The van der Waals surface area contributed by atoms with Gasteiger partial charge in [-0.05, 0) is 50.7 Å². The van der Waals surface area contributed by atoms with Crippen molar-refractivity contribution < 1.29 is 4.74 Å². The lowest BCUT2D eigenvalue weighted by Crippen LogP contribution is -2.14. The van der Waals surface area contributed by atoms with Gasteiger partial charge >= 0.3 is 0 Å². The molecular formula is C15H23NO. The van der Waals surface area contributed by atoms with Gasteiger partial charge in [-0.15, -0.1) is 0 Å². The minimum atomic E-state index is 0.669. The average Bonchev–Trinajstić information content (AvgIpc) is 2.39. The van der Waals surface area contributed by atoms with Crippen LogP contribution in [0.2, 0.25) is 0 Å². The molecule has 0 saturated heterocycles. The number of rotatable bonds is 3. The van der Waals surface area contributed by atoms with Crippen molar-refractivity contribution in [2.75, 3.05) is 7.11 Å². The second kappa shape index (κ2) is 5.52. The summed E-state index contributed by atoms with van der Waals surface area (Å²) in [5.41, 5.74) is 2.28. The summed E-state index contributed by atoms with van der Waals surface area (Å²) < 4.78 is 5.26. The molecule has 0 spiro atoms. The summed E-state index contributed by atoms with van der Waals surface area (Å²) in [4.78, 5) is 4.69. The largest absolute Gasteiger partial charge is 0.495 e. The van der Waals surface area contributed by atoms with E-state index in [4.69, 9.17) is 9.72 Å². The van der Waals surface area contributed by atoms with E-state index in [0.29, 0.717) is 5.92 Å². The van der Waals surface area contributed by atoms with Crippen LogP contribution in [0.1, 0.15) is 56.3 Å². The van der Waals surface area contributed by atoms with Gasteiger partial charge in [0, 0.05) is 11.6 Å². The average molecular weight is 233 g/mol. The van der Waals surface area contributed by atoms with Crippen molar-refractivity contribution in [1.29, 1.82) is 0 Å². The molecule has 0 atom stereocenters. The highest BCUT2D eigenvalue weighted by Crippen LogP contribution is 2.36. The number of ether oxygens (including phenoxy) is 1. The Balaban J connectivity index is 2.06. The number of hydrogen-bond donors (Lipinski definition) is 0. The van der Waals surface area contributed by atoms with E-state index >= 15 is 0 Å². The van der Waals surface area contributed by atoms with E-state index in [1.165, 1.54) is 37.8 Å².